The third-order valence-electron chi connectivity index (χ3n) is 4.38. The molecule has 3 N–H and O–H groups in total. The van der Waals surface area contributed by atoms with Crippen molar-refractivity contribution in [1.82, 2.24) is 20.1 Å². The topological polar surface area (TPSA) is 85.8 Å². The fourth-order valence-corrected chi connectivity index (χ4v) is 2.93. The van der Waals surface area contributed by atoms with Gasteiger partial charge in [-0.1, -0.05) is 55.5 Å². The molecular weight excluding hydrogens is 326 g/mol. The number of aromatic nitrogens is 3. The van der Waals surface area contributed by atoms with Crippen LogP contribution in [0.3, 0.4) is 0 Å². The van der Waals surface area contributed by atoms with Crippen LogP contribution in [0.15, 0.2) is 61.2 Å². The molecule has 0 saturated carbocycles. The van der Waals surface area contributed by atoms with E-state index in [-0.39, 0.29) is 11.9 Å². The lowest BCUT2D eigenvalue weighted by atomic mass is 9.98. The first-order chi connectivity index (χ1) is 12.7. The normalized spacial score (nSPS) is 12.0. The van der Waals surface area contributed by atoms with E-state index in [4.69, 9.17) is 5.73 Å². The van der Waals surface area contributed by atoms with Gasteiger partial charge in [0.1, 0.15) is 12.7 Å². The van der Waals surface area contributed by atoms with E-state index in [9.17, 15) is 4.79 Å². The Morgan fingerprint density at radius 2 is 1.96 bits per heavy atom. The maximum atomic E-state index is 11.4. The molecule has 1 unspecified atom stereocenters. The molecule has 0 aliphatic carbocycles. The zero-order valence-corrected chi connectivity index (χ0v) is 14.8. The number of carbonyl (C=O) groups excluding carboxylic acids is 1. The number of nitrogens with one attached hydrogen (secondary N) is 1. The molecule has 0 aliphatic rings. The number of primary amides is 1. The van der Waals surface area contributed by atoms with Gasteiger partial charge in [0, 0.05) is 6.54 Å². The lowest BCUT2D eigenvalue weighted by Crippen LogP contribution is -2.40. The lowest BCUT2D eigenvalue weighted by Gasteiger charge is -2.16. The van der Waals surface area contributed by atoms with Crippen LogP contribution in [-0.4, -0.2) is 26.7 Å². The Hall–Kier alpha value is -2.99. The van der Waals surface area contributed by atoms with Crippen molar-refractivity contribution in [3.63, 3.8) is 0 Å². The number of nitrogens with two attached hydrogens (primary N) is 1. The van der Waals surface area contributed by atoms with Crippen LogP contribution in [0.25, 0.3) is 11.1 Å². The van der Waals surface area contributed by atoms with E-state index in [1.807, 2.05) is 19.1 Å². The Morgan fingerprint density at radius 1 is 1.19 bits per heavy atom. The zero-order valence-electron chi connectivity index (χ0n) is 14.8. The fraction of sp³-hybridized carbons (Fsp3) is 0.250. The van der Waals surface area contributed by atoms with Crippen LogP contribution < -0.4 is 11.1 Å². The van der Waals surface area contributed by atoms with Crippen LogP contribution in [0.5, 0.6) is 0 Å². The van der Waals surface area contributed by atoms with Crippen molar-refractivity contribution < 1.29 is 4.79 Å². The van der Waals surface area contributed by atoms with Gasteiger partial charge in [0.05, 0.1) is 12.6 Å². The van der Waals surface area contributed by atoms with Crippen molar-refractivity contribution in [3.05, 3.63) is 72.3 Å². The van der Waals surface area contributed by atoms with E-state index in [1.54, 1.807) is 11.0 Å². The fourth-order valence-electron chi connectivity index (χ4n) is 2.93. The summed E-state index contributed by atoms with van der Waals surface area (Å²) in [5.74, 6) is -0.317. The van der Waals surface area contributed by atoms with E-state index in [1.165, 1.54) is 6.33 Å². The Bertz CT molecular complexity index is 843. The largest absolute Gasteiger partial charge is 0.368 e. The van der Waals surface area contributed by atoms with Gasteiger partial charge in [0.2, 0.25) is 5.91 Å². The number of hydrogen-bond donors (Lipinski definition) is 2. The van der Waals surface area contributed by atoms with Gasteiger partial charge in [0.25, 0.3) is 0 Å². The molecule has 6 heteroatoms. The summed E-state index contributed by atoms with van der Waals surface area (Å²) in [7, 11) is 0. The monoisotopic (exact) mass is 349 g/mol. The van der Waals surface area contributed by atoms with Gasteiger partial charge in [-0.3, -0.25) is 4.79 Å². The molecule has 1 heterocycles. The molecule has 0 spiro atoms. The third kappa shape index (κ3) is 4.34. The molecule has 1 aromatic heterocycles. The highest BCUT2D eigenvalue weighted by Crippen LogP contribution is 2.24. The molecule has 1 atom stereocenters. The number of carbonyl (C=O) groups is 1. The molecule has 3 aromatic rings. The van der Waals surface area contributed by atoms with Crippen molar-refractivity contribution in [2.75, 3.05) is 0 Å². The van der Waals surface area contributed by atoms with E-state index in [0.717, 1.165) is 22.3 Å². The second-order valence-electron chi connectivity index (χ2n) is 6.19. The first kappa shape index (κ1) is 17.8. The first-order valence-electron chi connectivity index (χ1n) is 8.69. The Balaban J connectivity index is 1.75. The average Bonchev–Trinajstić information content (AvgIpc) is 3.16. The summed E-state index contributed by atoms with van der Waals surface area (Å²) in [4.78, 5) is 15.4. The van der Waals surface area contributed by atoms with Crippen molar-refractivity contribution >= 4 is 5.91 Å². The molecule has 0 saturated heterocycles. The molecule has 134 valence electrons. The molecule has 0 fully saturated rings. The molecule has 6 nitrogen and oxygen atoms in total. The highest BCUT2D eigenvalue weighted by molar-refractivity contribution is 5.79. The molecule has 26 heavy (non-hydrogen) atoms. The minimum Gasteiger partial charge on any atom is -0.368 e. The van der Waals surface area contributed by atoms with Gasteiger partial charge in [-0.05, 0) is 28.7 Å². The number of rotatable bonds is 8. The first-order valence-corrected chi connectivity index (χ1v) is 8.69. The van der Waals surface area contributed by atoms with Crippen molar-refractivity contribution in [1.29, 1.82) is 0 Å². The second kappa shape index (κ2) is 8.40. The Labute approximate surface area is 153 Å². The van der Waals surface area contributed by atoms with Gasteiger partial charge < -0.3 is 11.1 Å². The van der Waals surface area contributed by atoms with Gasteiger partial charge in [0.15, 0.2) is 0 Å². The molecule has 0 aliphatic heterocycles. The maximum Gasteiger partial charge on any atom is 0.234 e. The van der Waals surface area contributed by atoms with Crippen LogP contribution in [0.4, 0.5) is 0 Å². The minimum atomic E-state index is -0.317. The van der Waals surface area contributed by atoms with E-state index in [2.05, 4.69) is 51.8 Å². The SMILES string of the molecule is CCC(NCc1ccccc1-c1ccc(Cn2cncn2)cc1)C(N)=O. The van der Waals surface area contributed by atoms with Gasteiger partial charge in [-0.15, -0.1) is 0 Å². The number of hydrogen-bond acceptors (Lipinski definition) is 4. The third-order valence-corrected chi connectivity index (χ3v) is 4.38. The summed E-state index contributed by atoms with van der Waals surface area (Å²) in [5.41, 5.74) is 10.00. The van der Waals surface area contributed by atoms with Crippen molar-refractivity contribution in [2.45, 2.75) is 32.5 Å². The second-order valence-corrected chi connectivity index (χ2v) is 6.19. The maximum absolute atomic E-state index is 11.4. The van der Waals surface area contributed by atoms with Crippen molar-refractivity contribution in [3.8, 4) is 11.1 Å². The summed E-state index contributed by atoms with van der Waals surface area (Å²) in [5, 5.41) is 7.37. The van der Waals surface area contributed by atoms with Crippen LogP contribution in [-0.2, 0) is 17.9 Å². The molecular formula is C20H23N5O. The Kier molecular flexibility index (Phi) is 5.76. The van der Waals surface area contributed by atoms with E-state index < -0.39 is 0 Å². The van der Waals surface area contributed by atoms with Crippen LogP contribution in [0, 0.1) is 0 Å². The smallest absolute Gasteiger partial charge is 0.234 e. The molecule has 3 rings (SSSR count). The highest BCUT2D eigenvalue weighted by atomic mass is 16.1. The summed E-state index contributed by atoms with van der Waals surface area (Å²) in [6.45, 7) is 3.24. The molecule has 2 aromatic carbocycles. The quantitative estimate of drug-likeness (QED) is 0.654. The summed E-state index contributed by atoms with van der Waals surface area (Å²) in [6.07, 6.45) is 3.92. The standard InChI is InChI=1S/C20H23N5O/c1-2-19(20(21)26)23-11-17-5-3-4-6-18(17)16-9-7-15(8-10-16)12-25-14-22-13-24-25/h3-10,13-14,19,23H,2,11-12H2,1H3,(H2,21,26). The van der Waals surface area contributed by atoms with Crippen LogP contribution >= 0.6 is 0 Å². The highest BCUT2D eigenvalue weighted by Gasteiger charge is 2.13. The number of nitrogens with zero attached hydrogens (tertiary/aromatic N) is 3. The number of amides is 1. The molecule has 0 bridgehead atoms. The average molecular weight is 349 g/mol. The lowest BCUT2D eigenvalue weighted by molar-refractivity contribution is -0.120. The zero-order chi connectivity index (χ0) is 18.4. The van der Waals surface area contributed by atoms with Crippen LogP contribution in [0.2, 0.25) is 0 Å². The predicted octanol–water partition coefficient (Wildman–Crippen LogP) is 2.35. The van der Waals surface area contributed by atoms with Gasteiger partial charge in [-0.25, -0.2) is 9.67 Å². The van der Waals surface area contributed by atoms with Crippen molar-refractivity contribution in [2.24, 2.45) is 5.73 Å². The van der Waals surface area contributed by atoms with E-state index in [0.29, 0.717) is 19.5 Å². The minimum absolute atomic E-state index is 0.312. The van der Waals surface area contributed by atoms with Gasteiger partial charge >= 0.3 is 0 Å². The summed E-state index contributed by atoms with van der Waals surface area (Å²) in [6, 6.07) is 16.3. The Morgan fingerprint density at radius 3 is 2.62 bits per heavy atom. The van der Waals surface area contributed by atoms with Gasteiger partial charge in [-0.2, -0.15) is 5.10 Å². The summed E-state index contributed by atoms with van der Waals surface area (Å²) >= 11 is 0. The van der Waals surface area contributed by atoms with Crippen LogP contribution in [0.1, 0.15) is 24.5 Å². The number of benzene rings is 2. The summed E-state index contributed by atoms with van der Waals surface area (Å²) < 4.78 is 1.79. The predicted molar refractivity (Wildman–Crippen MR) is 101 cm³/mol. The van der Waals surface area contributed by atoms with E-state index >= 15 is 0 Å². The molecule has 0 radical (unpaired) electrons. The molecule has 1 amide bonds.